The predicted octanol–water partition coefficient (Wildman–Crippen LogP) is 0.213. The number of morpholine rings is 1. The molecule has 6 nitrogen and oxygen atoms in total. The lowest BCUT2D eigenvalue weighted by atomic mass is 10.1. The Bertz CT molecular complexity index is 574. The van der Waals surface area contributed by atoms with Crippen molar-refractivity contribution in [2.45, 2.75) is 24.3 Å². The quantitative estimate of drug-likeness (QED) is 0.776. The molecule has 0 saturated carbocycles. The molecule has 2 rings (SSSR count). The number of anilines is 1. The van der Waals surface area contributed by atoms with Gasteiger partial charge in [0.05, 0.1) is 30.8 Å². The molecule has 1 saturated heterocycles. The first-order valence-corrected chi connectivity index (χ1v) is 8.03. The fourth-order valence-electron chi connectivity index (χ4n) is 2.33. The molecule has 112 valence electrons. The summed E-state index contributed by atoms with van der Waals surface area (Å²) in [4.78, 5) is 0.223. The Labute approximate surface area is 119 Å². The van der Waals surface area contributed by atoms with E-state index in [1.165, 1.54) is 10.4 Å². The van der Waals surface area contributed by atoms with E-state index in [1.807, 2.05) is 6.92 Å². The maximum absolute atomic E-state index is 12.8. The smallest absolute Gasteiger partial charge is 0.243 e. The van der Waals surface area contributed by atoms with Crippen molar-refractivity contribution in [1.82, 2.24) is 4.31 Å². The minimum Gasteiger partial charge on any atom is -0.399 e. The summed E-state index contributed by atoms with van der Waals surface area (Å²) in [6.45, 7) is 2.42. The van der Waals surface area contributed by atoms with E-state index in [0.29, 0.717) is 18.7 Å². The van der Waals surface area contributed by atoms with Crippen molar-refractivity contribution in [3.8, 4) is 0 Å². The van der Waals surface area contributed by atoms with E-state index in [1.54, 1.807) is 12.1 Å². The van der Waals surface area contributed by atoms with E-state index >= 15 is 0 Å². The molecular formula is C13H20N2O4S. The maximum atomic E-state index is 12.8. The van der Waals surface area contributed by atoms with Gasteiger partial charge in [0, 0.05) is 12.2 Å². The SMILES string of the molecule is CCc1ccc(N)cc1S(=O)(=O)N1CCOCC1CO. The number of nitrogens with zero attached hydrogens (tertiary/aromatic N) is 1. The number of aryl methyl sites for hydroxylation is 1. The molecule has 1 aromatic carbocycles. The van der Waals surface area contributed by atoms with Gasteiger partial charge in [0.2, 0.25) is 10.0 Å². The minimum absolute atomic E-state index is 0.208. The first-order valence-electron chi connectivity index (χ1n) is 6.59. The van der Waals surface area contributed by atoms with Crippen LogP contribution >= 0.6 is 0 Å². The average molecular weight is 300 g/mol. The molecule has 1 heterocycles. The van der Waals surface area contributed by atoms with Crippen LogP contribution in [0.3, 0.4) is 0 Å². The molecule has 0 radical (unpaired) electrons. The van der Waals surface area contributed by atoms with Crippen LogP contribution in [0.25, 0.3) is 0 Å². The molecule has 0 aromatic heterocycles. The molecule has 1 atom stereocenters. The largest absolute Gasteiger partial charge is 0.399 e. The van der Waals surface area contributed by atoms with Crippen molar-refractivity contribution in [2.75, 3.05) is 32.1 Å². The van der Waals surface area contributed by atoms with Gasteiger partial charge in [-0.3, -0.25) is 0 Å². The van der Waals surface area contributed by atoms with E-state index in [9.17, 15) is 13.5 Å². The lowest BCUT2D eigenvalue weighted by Gasteiger charge is -2.33. The van der Waals surface area contributed by atoms with Crippen molar-refractivity contribution in [2.24, 2.45) is 0 Å². The van der Waals surface area contributed by atoms with E-state index in [4.69, 9.17) is 10.5 Å². The molecule has 1 fully saturated rings. The Morgan fingerprint density at radius 3 is 2.90 bits per heavy atom. The number of sulfonamides is 1. The number of rotatable bonds is 4. The zero-order valence-corrected chi connectivity index (χ0v) is 12.3. The molecule has 1 unspecified atom stereocenters. The number of hydrogen-bond acceptors (Lipinski definition) is 5. The van der Waals surface area contributed by atoms with Gasteiger partial charge in [-0.2, -0.15) is 4.31 Å². The van der Waals surface area contributed by atoms with Crippen molar-refractivity contribution >= 4 is 15.7 Å². The van der Waals surface area contributed by atoms with Gasteiger partial charge in [-0.15, -0.1) is 0 Å². The van der Waals surface area contributed by atoms with Crippen LogP contribution in [-0.4, -0.2) is 50.2 Å². The van der Waals surface area contributed by atoms with Crippen LogP contribution in [0.4, 0.5) is 5.69 Å². The molecule has 0 amide bonds. The van der Waals surface area contributed by atoms with Crippen molar-refractivity contribution in [3.05, 3.63) is 23.8 Å². The van der Waals surface area contributed by atoms with Gasteiger partial charge in [0.1, 0.15) is 0 Å². The third kappa shape index (κ3) is 2.80. The summed E-state index contributed by atoms with van der Waals surface area (Å²) in [5.41, 5.74) is 6.85. The topological polar surface area (TPSA) is 92.9 Å². The van der Waals surface area contributed by atoms with E-state index < -0.39 is 16.1 Å². The second-order valence-corrected chi connectivity index (χ2v) is 6.61. The Kier molecular flexibility index (Phi) is 4.64. The molecule has 3 N–H and O–H groups in total. The van der Waals surface area contributed by atoms with Gasteiger partial charge in [-0.1, -0.05) is 13.0 Å². The highest BCUT2D eigenvalue weighted by Gasteiger charge is 2.34. The number of nitrogens with two attached hydrogens (primary N) is 1. The third-order valence-corrected chi connectivity index (χ3v) is 5.48. The fourth-order valence-corrected chi connectivity index (χ4v) is 4.25. The van der Waals surface area contributed by atoms with Crippen LogP contribution in [0.1, 0.15) is 12.5 Å². The molecule has 7 heteroatoms. The summed E-state index contributed by atoms with van der Waals surface area (Å²) in [6.07, 6.45) is 0.600. The van der Waals surface area contributed by atoms with Gasteiger partial charge < -0.3 is 15.6 Å². The van der Waals surface area contributed by atoms with Crippen molar-refractivity contribution < 1.29 is 18.3 Å². The van der Waals surface area contributed by atoms with Crippen LogP contribution in [0.2, 0.25) is 0 Å². The summed E-state index contributed by atoms with van der Waals surface area (Å²) in [5, 5.41) is 9.34. The van der Waals surface area contributed by atoms with Crippen molar-refractivity contribution in [3.63, 3.8) is 0 Å². The number of benzene rings is 1. The van der Waals surface area contributed by atoms with Gasteiger partial charge in [-0.05, 0) is 24.1 Å². The predicted molar refractivity (Wildman–Crippen MR) is 75.8 cm³/mol. The summed E-state index contributed by atoms with van der Waals surface area (Å²) >= 11 is 0. The van der Waals surface area contributed by atoms with Crippen molar-refractivity contribution in [1.29, 1.82) is 0 Å². The number of ether oxygens (including phenoxy) is 1. The van der Waals surface area contributed by atoms with Crippen LogP contribution in [0.15, 0.2) is 23.1 Å². The highest BCUT2D eigenvalue weighted by Crippen LogP contribution is 2.26. The van der Waals surface area contributed by atoms with Gasteiger partial charge in [-0.25, -0.2) is 8.42 Å². The average Bonchev–Trinajstić information content (AvgIpc) is 2.47. The zero-order valence-electron chi connectivity index (χ0n) is 11.4. The van der Waals surface area contributed by atoms with E-state index in [-0.39, 0.29) is 24.7 Å². The molecule has 1 aromatic rings. The number of nitrogen functional groups attached to an aromatic ring is 1. The molecular weight excluding hydrogens is 280 g/mol. The Morgan fingerprint density at radius 1 is 1.50 bits per heavy atom. The monoisotopic (exact) mass is 300 g/mol. The summed E-state index contributed by atoms with van der Waals surface area (Å²) in [5.74, 6) is 0. The Morgan fingerprint density at radius 2 is 2.25 bits per heavy atom. The molecule has 20 heavy (non-hydrogen) atoms. The van der Waals surface area contributed by atoms with E-state index in [0.717, 1.165) is 5.56 Å². The maximum Gasteiger partial charge on any atom is 0.243 e. The van der Waals surface area contributed by atoms with Gasteiger partial charge >= 0.3 is 0 Å². The second-order valence-electron chi connectivity index (χ2n) is 4.75. The normalized spacial score (nSPS) is 21.0. The highest BCUT2D eigenvalue weighted by atomic mass is 32.2. The molecule has 0 aliphatic carbocycles. The summed E-state index contributed by atoms with van der Waals surface area (Å²) in [7, 11) is -3.68. The zero-order chi connectivity index (χ0) is 14.8. The van der Waals surface area contributed by atoms with Crippen LogP contribution in [0.5, 0.6) is 0 Å². The minimum atomic E-state index is -3.68. The van der Waals surface area contributed by atoms with Crippen LogP contribution < -0.4 is 5.73 Å². The fraction of sp³-hybridized carbons (Fsp3) is 0.538. The highest BCUT2D eigenvalue weighted by molar-refractivity contribution is 7.89. The molecule has 1 aliphatic rings. The summed E-state index contributed by atoms with van der Waals surface area (Å²) < 4.78 is 32.1. The van der Waals surface area contributed by atoms with Gasteiger partial charge in [0.25, 0.3) is 0 Å². The molecule has 1 aliphatic heterocycles. The molecule has 0 spiro atoms. The van der Waals surface area contributed by atoms with Gasteiger partial charge in [0.15, 0.2) is 0 Å². The molecule has 0 bridgehead atoms. The number of aliphatic hydroxyl groups excluding tert-OH is 1. The lowest BCUT2D eigenvalue weighted by molar-refractivity contribution is 0.0109. The lowest BCUT2D eigenvalue weighted by Crippen LogP contribution is -2.50. The number of hydrogen-bond donors (Lipinski definition) is 2. The third-order valence-electron chi connectivity index (χ3n) is 3.44. The Balaban J connectivity index is 2.46. The van der Waals surface area contributed by atoms with Crippen LogP contribution in [-0.2, 0) is 21.2 Å². The number of aliphatic hydroxyl groups is 1. The van der Waals surface area contributed by atoms with Crippen LogP contribution in [0, 0.1) is 0 Å². The second kappa shape index (κ2) is 6.09. The summed E-state index contributed by atoms with van der Waals surface area (Å²) in [6, 6.07) is 4.37. The first kappa shape index (κ1) is 15.2. The Hall–Kier alpha value is -1.15. The standard InChI is InChI=1S/C13H20N2O4S/c1-2-10-3-4-11(14)7-13(10)20(17,18)15-5-6-19-9-12(15)8-16/h3-4,7,12,16H,2,5-6,8-9,14H2,1H3. The van der Waals surface area contributed by atoms with E-state index in [2.05, 4.69) is 0 Å². The first-order chi connectivity index (χ1) is 9.50.